The number of hydrogen-bond donors (Lipinski definition) is 1. The topological polar surface area (TPSA) is 79.9 Å². The molecule has 0 aliphatic rings. The van der Waals surface area contributed by atoms with Crippen molar-refractivity contribution in [2.24, 2.45) is 0 Å². The molecule has 0 aliphatic carbocycles. The second-order valence-electron chi connectivity index (χ2n) is 4.79. The summed E-state index contributed by atoms with van der Waals surface area (Å²) in [5.41, 5.74) is 1.11. The molecule has 1 aromatic heterocycles. The summed E-state index contributed by atoms with van der Waals surface area (Å²) in [6.45, 7) is 1.97. The van der Waals surface area contributed by atoms with E-state index in [9.17, 15) is 4.79 Å². The molecule has 1 heterocycles. The van der Waals surface area contributed by atoms with Crippen molar-refractivity contribution in [3.8, 4) is 17.5 Å². The molecule has 0 fully saturated rings. The lowest BCUT2D eigenvalue weighted by Gasteiger charge is -2.08. The Kier molecular flexibility index (Phi) is 5.15. The zero-order chi connectivity index (χ0) is 15.9. The van der Waals surface area contributed by atoms with Gasteiger partial charge in [0.15, 0.2) is 5.69 Å². The molecular formula is C16H18N4O2. The Hall–Kier alpha value is -2.81. The van der Waals surface area contributed by atoms with Crippen LogP contribution in [0.15, 0.2) is 36.5 Å². The van der Waals surface area contributed by atoms with Crippen LogP contribution in [0.1, 0.15) is 30.3 Å². The number of carbonyl (C=O) groups is 1. The average Bonchev–Trinajstić information content (AvgIpc) is 3.04. The lowest BCUT2D eigenvalue weighted by molar-refractivity contribution is 0.0938. The quantitative estimate of drug-likeness (QED) is 0.887. The number of carbonyl (C=O) groups excluding carboxylic acids is 1. The Morgan fingerprint density at radius 1 is 1.41 bits per heavy atom. The number of nitrogens with zero attached hydrogens (tertiary/aromatic N) is 3. The maximum absolute atomic E-state index is 12.1. The Morgan fingerprint density at radius 3 is 2.73 bits per heavy atom. The minimum Gasteiger partial charge on any atom is -0.497 e. The van der Waals surface area contributed by atoms with Gasteiger partial charge >= 0.3 is 0 Å². The van der Waals surface area contributed by atoms with Crippen LogP contribution in [0.2, 0.25) is 0 Å². The highest BCUT2D eigenvalue weighted by Crippen LogP contribution is 2.14. The zero-order valence-corrected chi connectivity index (χ0v) is 12.6. The van der Waals surface area contributed by atoms with Crippen molar-refractivity contribution in [3.05, 3.63) is 42.2 Å². The van der Waals surface area contributed by atoms with E-state index < -0.39 is 6.04 Å². The molecule has 0 saturated heterocycles. The molecule has 1 amide bonds. The number of nitrogens with one attached hydrogen (secondary N) is 1. The van der Waals surface area contributed by atoms with Gasteiger partial charge in [0.2, 0.25) is 0 Å². The summed E-state index contributed by atoms with van der Waals surface area (Å²) in [6.07, 6.45) is 3.16. The molecule has 0 unspecified atom stereocenters. The van der Waals surface area contributed by atoms with E-state index in [4.69, 9.17) is 10.00 Å². The molecule has 0 spiro atoms. The van der Waals surface area contributed by atoms with Crippen molar-refractivity contribution >= 4 is 5.91 Å². The van der Waals surface area contributed by atoms with Crippen molar-refractivity contribution in [1.29, 1.82) is 5.26 Å². The molecule has 6 heteroatoms. The van der Waals surface area contributed by atoms with Crippen LogP contribution in [-0.2, 0) is 0 Å². The van der Waals surface area contributed by atoms with E-state index in [1.807, 2.05) is 31.2 Å². The Bertz CT molecular complexity index is 670. The van der Waals surface area contributed by atoms with E-state index in [2.05, 4.69) is 16.5 Å². The van der Waals surface area contributed by atoms with Crippen molar-refractivity contribution in [2.45, 2.75) is 25.8 Å². The smallest absolute Gasteiger partial charge is 0.272 e. The summed E-state index contributed by atoms with van der Waals surface area (Å²) in [7, 11) is 1.60. The van der Waals surface area contributed by atoms with Crippen LogP contribution >= 0.6 is 0 Å². The molecular weight excluding hydrogens is 280 g/mol. The molecule has 1 aromatic carbocycles. The number of hydrogen-bond acceptors (Lipinski definition) is 4. The number of amides is 1. The average molecular weight is 298 g/mol. The minimum absolute atomic E-state index is 0.284. The fourth-order valence-electron chi connectivity index (χ4n) is 2.01. The van der Waals surface area contributed by atoms with Crippen molar-refractivity contribution in [3.63, 3.8) is 0 Å². The summed E-state index contributed by atoms with van der Waals surface area (Å²) in [5, 5.41) is 15.9. The van der Waals surface area contributed by atoms with E-state index in [-0.39, 0.29) is 11.6 Å². The SMILES string of the molecule is CCC[C@@H](C#N)NC(=O)c1ccn(-c2ccc(OC)cc2)n1. The van der Waals surface area contributed by atoms with Crippen LogP contribution in [0, 0.1) is 11.3 Å². The van der Waals surface area contributed by atoms with Gasteiger partial charge < -0.3 is 10.1 Å². The van der Waals surface area contributed by atoms with Crippen LogP contribution in [0.5, 0.6) is 5.75 Å². The highest BCUT2D eigenvalue weighted by atomic mass is 16.5. The van der Waals surface area contributed by atoms with E-state index in [1.54, 1.807) is 24.1 Å². The van der Waals surface area contributed by atoms with Gasteiger partial charge in [0.1, 0.15) is 11.8 Å². The Labute approximate surface area is 129 Å². The predicted molar refractivity (Wildman–Crippen MR) is 81.9 cm³/mol. The van der Waals surface area contributed by atoms with Gasteiger partial charge in [-0.05, 0) is 36.8 Å². The molecule has 22 heavy (non-hydrogen) atoms. The molecule has 1 atom stereocenters. The molecule has 6 nitrogen and oxygen atoms in total. The number of nitriles is 1. The van der Waals surface area contributed by atoms with E-state index in [0.717, 1.165) is 17.9 Å². The van der Waals surface area contributed by atoms with Gasteiger partial charge in [0.05, 0.1) is 18.9 Å². The first kappa shape index (κ1) is 15.6. The number of methoxy groups -OCH3 is 1. The number of benzene rings is 1. The van der Waals surface area contributed by atoms with Gasteiger partial charge in [0.25, 0.3) is 5.91 Å². The summed E-state index contributed by atoms with van der Waals surface area (Å²) in [4.78, 5) is 12.1. The molecule has 2 aromatic rings. The highest BCUT2D eigenvalue weighted by molar-refractivity contribution is 5.92. The first-order valence-corrected chi connectivity index (χ1v) is 7.08. The van der Waals surface area contributed by atoms with Crippen LogP contribution in [-0.4, -0.2) is 28.8 Å². The van der Waals surface area contributed by atoms with Crippen molar-refractivity contribution in [1.82, 2.24) is 15.1 Å². The maximum Gasteiger partial charge on any atom is 0.272 e. The fraction of sp³-hybridized carbons (Fsp3) is 0.312. The second kappa shape index (κ2) is 7.27. The summed E-state index contributed by atoms with van der Waals surface area (Å²) < 4.78 is 6.71. The third kappa shape index (κ3) is 3.64. The summed E-state index contributed by atoms with van der Waals surface area (Å²) >= 11 is 0. The van der Waals surface area contributed by atoms with Crippen LogP contribution < -0.4 is 10.1 Å². The van der Waals surface area contributed by atoms with Gasteiger partial charge in [0, 0.05) is 6.20 Å². The normalized spacial score (nSPS) is 11.5. The zero-order valence-electron chi connectivity index (χ0n) is 12.6. The lowest BCUT2D eigenvalue weighted by atomic mass is 10.2. The third-order valence-corrected chi connectivity index (χ3v) is 3.20. The summed E-state index contributed by atoms with van der Waals surface area (Å²) in [6, 6.07) is 10.6. The number of rotatable bonds is 6. The number of aromatic nitrogens is 2. The van der Waals surface area contributed by atoms with Gasteiger partial charge in [-0.3, -0.25) is 4.79 Å². The molecule has 0 aliphatic heterocycles. The van der Waals surface area contributed by atoms with Gasteiger partial charge in [-0.15, -0.1) is 0 Å². The lowest BCUT2D eigenvalue weighted by Crippen LogP contribution is -2.33. The van der Waals surface area contributed by atoms with Crippen LogP contribution in [0.4, 0.5) is 0 Å². The van der Waals surface area contributed by atoms with Crippen molar-refractivity contribution < 1.29 is 9.53 Å². The van der Waals surface area contributed by atoms with Crippen molar-refractivity contribution in [2.75, 3.05) is 7.11 Å². The maximum atomic E-state index is 12.1. The molecule has 2 rings (SSSR count). The van der Waals surface area contributed by atoms with Crippen LogP contribution in [0.3, 0.4) is 0 Å². The predicted octanol–water partition coefficient (Wildman–Crippen LogP) is 2.30. The monoisotopic (exact) mass is 298 g/mol. The van der Waals surface area contributed by atoms with Gasteiger partial charge in [-0.2, -0.15) is 10.4 Å². The highest BCUT2D eigenvalue weighted by Gasteiger charge is 2.15. The molecule has 0 radical (unpaired) electrons. The van der Waals surface area contributed by atoms with E-state index >= 15 is 0 Å². The Balaban J connectivity index is 2.10. The third-order valence-electron chi connectivity index (χ3n) is 3.20. The van der Waals surface area contributed by atoms with Gasteiger partial charge in [-0.25, -0.2) is 4.68 Å². The second-order valence-corrected chi connectivity index (χ2v) is 4.79. The molecule has 0 saturated carbocycles. The largest absolute Gasteiger partial charge is 0.497 e. The first-order valence-electron chi connectivity index (χ1n) is 7.08. The minimum atomic E-state index is -0.483. The van der Waals surface area contributed by atoms with E-state index in [1.165, 1.54) is 0 Å². The molecule has 1 N–H and O–H groups in total. The van der Waals surface area contributed by atoms with E-state index in [0.29, 0.717) is 6.42 Å². The molecule has 114 valence electrons. The molecule has 0 bridgehead atoms. The van der Waals surface area contributed by atoms with Crippen LogP contribution in [0.25, 0.3) is 5.69 Å². The summed E-state index contributed by atoms with van der Waals surface area (Å²) in [5.74, 6) is 0.414. The van der Waals surface area contributed by atoms with Gasteiger partial charge in [-0.1, -0.05) is 13.3 Å². The Morgan fingerprint density at radius 2 is 2.14 bits per heavy atom. The fourth-order valence-corrected chi connectivity index (χ4v) is 2.01. The first-order chi connectivity index (χ1) is 10.7. The standard InChI is InChI=1S/C16H18N4O2/c1-3-4-12(11-17)18-16(21)15-9-10-20(19-15)13-5-7-14(22-2)8-6-13/h5-10,12H,3-4H2,1-2H3,(H,18,21)/t12-/m0/s1. The number of ether oxygens (including phenoxy) is 1.